The van der Waals surface area contributed by atoms with Gasteiger partial charge in [0.25, 0.3) is 0 Å². The Morgan fingerprint density at radius 2 is 2.33 bits per heavy atom. The second-order valence-corrected chi connectivity index (χ2v) is 4.56. The van der Waals surface area contributed by atoms with E-state index in [4.69, 9.17) is 9.84 Å². The van der Waals surface area contributed by atoms with Gasteiger partial charge in [-0.1, -0.05) is 6.07 Å². The first kappa shape index (κ1) is 14.5. The predicted octanol–water partition coefficient (Wildman–Crippen LogP) is 1.21. The Kier molecular flexibility index (Phi) is 6.16. The summed E-state index contributed by atoms with van der Waals surface area (Å²) in [5.74, 6) is -1.02. The molecule has 0 bridgehead atoms. The van der Waals surface area contributed by atoms with Gasteiger partial charge in [0.05, 0.1) is 12.6 Å². The van der Waals surface area contributed by atoms with Gasteiger partial charge in [-0.25, -0.2) is 9.59 Å². The summed E-state index contributed by atoms with van der Waals surface area (Å²) in [6.07, 6.45) is 0. The van der Waals surface area contributed by atoms with Crippen LogP contribution in [0.3, 0.4) is 0 Å². The number of amides is 2. The van der Waals surface area contributed by atoms with Crippen molar-refractivity contribution in [3.05, 3.63) is 22.4 Å². The van der Waals surface area contributed by atoms with E-state index in [0.29, 0.717) is 0 Å². The standard InChI is InChI=1S/C11H16N2O4S/c1-8(9-3-2-6-18-9)13-11(16)12-4-5-17-7-10(14)15/h2-3,6,8H,4-5,7H2,1H3,(H,14,15)(H2,12,13,16). The van der Waals surface area contributed by atoms with Crippen LogP contribution in [-0.4, -0.2) is 36.9 Å². The van der Waals surface area contributed by atoms with Crippen molar-refractivity contribution in [1.29, 1.82) is 0 Å². The minimum absolute atomic E-state index is 0.0510. The summed E-state index contributed by atoms with van der Waals surface area (Å²) < 4.78 is 4.78. The summed E-state index contributed by atoms with van der Waals surface area (Å²) in [5.41, 5.74) is 0. The number of carboxylic acids is 1. The first-order chi connectivity index (χ1) is 8.59. The fourth-order valence-electron chi connectivity index (χ4n) is 1.25. The summed E-state index contributed by atoms with van der Waals surface area (Å²) in [6, 6.07) is 3.53. The number of carbonyl (C=O) groups is 2. The summed E-state index contributed by atoms with van der Waals surface area (Å²) in [7, 11) is 0. The number of carbonyl (C=O) groups excluding carboxylic acids is 1. The number of rotatable bonds is 7. The average molecular weight is 272 g/mol. The second kappa shape index (κ2) is 7.67. The van der Waals surface area contributed by atoms with E-state index < -0.39 is 5.97 Å². The van der Waals surface area contributed by atoms with Crippen molar-refractivity contribution >= 4 is 23.3 Å². The molecule has 0 spiro atoms. The Bertz CT molecular complexity index is 380. The molecule has 6 nitrogen and oxygen atoms in total. The molecule has 7 heteroatoms. The van der Waals surface area contributed by atoms with Gasteiger partial charge in [0, 0.05) is 11.4 Å². The molecule has 1 unspecified atom stereocenters. The third kappa shape index (κ3) is 5.65. The molecule has 0 aliphatic carbocycles. The van der Waals surface area contributed by atoms with Crippen LogP contribution in [0.2, 0.25) is 0 Å². The van der Waals surface area contributed by atoms with Crippen molar-refractivity contribution in [2.24, 2.45) is 0 Å². The molecule has 1 aromatic rings. The Labute approximate surface area is 109 Å². The van der Waals surface area contributed by atoms with Crippen LogP contribution in [0, 0.1) is 0 Å². The van der Waals surface area contributed by atoms with E-state index >= 15 is 0 Å². The molecule has 0 aliphatic rings. The zero-order valence-corrected chi connectivity index (χ0v) is 10.8. The molecule has 100 valence electrons. The van der Waals surface area contributed by atoms with Crippen molar-refractivity contribution in [3.63, 3.8) is 0 Å². The fraction of sp³-hybridized carbons (Fsp3) is 0.455. The van der Waals surface area contributed by atoms with Crippen molar-refractivity contribution < 1.29 is 19.4 Å². The van der Waals surface area contributed by atoms with Gasteiger partial charge in [0.1, 0.15) is 6.61 Å². The van der Waals surface area contributed by atoms with Gasteiger partial charge in [0.15, 0.2) is 0 Å². The van der Waals surface area contributed by atoms with E-state index in [1.165, 1.54) is 0 Å². The highest BCUT2D eigenvalue weighted by Gasteiger charge is 2.09. The lowest BCUT2D eigenvalue weighted by Crippen LogP contribution is -2.38. The lowest BCUT2D eigenvalue weighted by atomic mass is 10.3. The molecule has 1 atom stereocenters. The number of hydrogen-bond acceptors (Lipinski definition) is 4. The smallest absolute Gasteiger partial charge is 0.329 e. The molecule has 2 amide bonds. The van der Waals surface area contributed by atoms with Crippen LogP contribution in [0.4, 0.5) is 4.79 Å². The summed E-state index contributed by atoms with van der Waals surface area (Å²) in [4.78, 5) is 22.7. The molecule has 0 fully saturated rings. The zero-order chi connectivity index (χ0) is 13.4. The van der Waals surface area contributed by atoms with Crippen LogP contribution in [-0.2, 0) is 9.53 Å². The number of nitrogens with one attached hydrogen (secondary N) is 2. The molecule has 1 aromatic heterocycles. The summed E-state index contributed by atoms with van der Waals surface area (Å²) in [6.45, 7) is 1.99. The van der Waals surface area contributed by atoms with Crippen LogP contribution in [0.25, 0.3) is 0 Å². The number of aliphatic carboxylic acids is 1. The third-order valence-electron chi connectivity index (χ3n) is 2.08. The van der Waals surface area contributed by atoms with E-state index in [-0.39, 0.29) is 31.8 Å². The van der Waals surface area contributed by atoms with Gasteiger partial charge in [0.2, 0.25) is 0 Å². The lowest BCUT2D eigenvalue weighted by molar-refractivity contribution is -0.142. The van der Waals surface area contributed by atoms with Gasteiger partial charge in [-0.3, -0.25) is 0 Å². The number of urea groups is 1. The van der Waals surface area contributed by atoms with Crippen molar-refractivity contribution in [3.8, 4) is 0 Å². The maximum absolute atomic E-state index is 11.5. The van der Waals surface area contributed by atoms with Gasteiger partial charge >= 0.3 is 12.0 Å². The summed E-state index contributed by atoms with van der Waals surface area (Å²) in [5, 5.41) is 15.6. The predicted molar refractivity (Wildman–Crippen MR) is 67.7 cm³/mol. The molecule has 0 saturated carbocycles. The van der Waals surface area contributed by atoms with Crippen LogP contribution in [0.15, 0.2) is 17.5 Å². The van der Waals surface area contributed by atoms with E-state index in [9.17, 15) is 9.59 Å². The van der Waals surface area contributed by atoms with Gasteiger partial charge in [-0.05, 0) is 18.4 Å². The molecule has 1 rings (SSSR count). The van der Waals surface area contributed by atoms with E-state index in [1.54, 1.807) is 11.3 Å². The first-order valence-electron chi connectivity index (χ1n) is 5.47. The van der Waals surface area contributed by atoms with Crippen LogP contribution >= 0.6 is 11.3 Å². The molecule has 1 heterocycles. The Morgan fingerprint density at radius 1 is 1.56 bits per heavy atom. The molecule has 18 heavy (non-hydrogen) atoms. The minimum Gasteiger partial charge on any atom is -0.480 e. The Balaban J connectivity index is 2.12. The SMILES string of the molecule is CC(NC(=O)NCCOCC(=O)O)c1cccs1. The van der Waals surface area contributed by atoms with Gasteiger partial charge in [-0.2, -0.15) is 0 Å². The molecule has 0 aliphatic heterocycles. The van der Waals surface area contributed by atoms with Crippen molar-refractivity contribution in [2.45, 2.75) is 13.0 Å². The van der Waals surface area contributed by atoms with Crippen molar-refractivity contribution in [1.82, 2.24) is 10.6 Å². The zero-order valence-electron chi connectivity index (χ0n) is 10.0. The highest BCUT2D eigenvalue weighted by atomic mass is 32.1. The van der Waals surface area contributed by atoms with Crippen molar-refractivity contribution in [2.75, 3.05) is 19.8 Å². The average Bonchev–Trinajstić information content (AvgIpc) is 2.81. The topological polar surface area (TPSA) is 87.7 Å². The normalized spacial score (nSPS) is 11.8. The number of ether oxygens (including phenoxy) is 1. The number of hydrogen-bond donors (Lipinski definition) is 3. The molecular formula is C11H16N2O4S. The number of thiophene rings is 1. The van der Waals surface area contributed by atoms with Gasteiger partial charge in [-0.15, -0.1) is 11.3 Å². The fourth-order valence-corrected chi connectivity index (χ4v) is 1.99. The Hall–Kier alpha value is -1.60. The second-order valence-electron chi connectivity index (χ2n) is 3.58. The summed E-state index contributed by atoms with van der Waals surface area (Å²) >= 11 is 1.58. The monoisotopic (exact) mass is 272 g/mol. The van der Waals surface area contributed by atoms with E-state index in [1.807, 2.05) is 24.4 Å². The molecule has 0 saturated heterocycles. The molecular weight excluding hydrogens is 256 g/mol. The molecule has 0 radical (unpaired) electrons. The number of carboxylic acid groups (broad SMARTS) is 1. The van der Waals surface area contributed by atoms with Crippen LogP contribution < -0.4 is 10.6 Å². The molecule has 3 N–H and O–H groups in total. The minimum atomic E-state index is -1.02. The van der Waals surface area contributed by atoms with E-state index in [0.717, 1.165) is 4.88 Å². The largest absolute Gasteiger partial charge is 0.480 e. The highest BCUT2D eigenvalue weighted by Crippen LogP contribution is 2.17. The molecule has 0 aromatic carbocycles. The van der Waals surface area contributed by atoms with Crippen LogP contribution in [0.5, 0.6) is 0 Å². The maximum atomic E-state index is 11.5. The highest BCUT2D eigenvalue weighted by molar-refractivity contribution is 7.10. The van der Waals surface area contributed by atoms with Gasteiger partial charge < -0.3 is 20.5 Å². The van der Waals surface area contributed by atoms with E-state index in [2.05, 4.69) is 10.6 Å². The maximum Gasteiger partial charge on any atom is 0.329 e. The Morgan fingerprint density at radius 3 is 2.94 bits per heavy atom. The lowest BCUT2D eigenvalue weighted by Gasteiger charge is -2.13. The third-order valence-corrected chi connectivity index (χ3v) is 3.13. The quantitative estimate of drug-likeness (QED) is 0.651. The first-order valence-corrected chi connectivity index (χ1v) is 6.35. The van der Waals surface area contributed by atoms with Crippen LogP contribution in [0.1, 0.15) is 17.8 Å².